The van der Waals surface area contributed by atoms with E-state index in [9.17, 15) is 4.79 Å². The zero-order chi connectivity index (χ0) is 12.0. The van der Waals surface area contributed by atoms with Crippen LogP contribution in [0.4, 0.5) is 0 Å². The topological polar surface area (TPSA) is 55.6 Å². The molecule has 94 valence electrons. The molecule has 4 nitrogen and oxygen atoms in total. The molecule has 0 bridgehead atoms. The van der Waals surface area contributed by atoms with Gasteiger partial charge in [0.15, 0.2) is 0 Å². The van der Waals surface area contributed by atoms with Crippen LogP contribution in [0.5, 0.6) is 0 Å². The Hall–Kier alpha value is -0.610. The largest absolute Gasteiger partial charge is 0.382 e. The Labute approximate surface area is 98.1 Å². The van der Waals surface area contributed by atoms with Gasteiger partial charge in [0, 0.05) is 38.3 Å². The Kier molecular flexibility index (Phi) is 5.77. The molecule has 1 aliphatic heterocycles. The fourth-order valence-corrected chi connectivity index (χ4v) is 2.19. The van der Waals surface area contributed by atoms with Crippen LogP contribution in [-0.2, 0) is 9.53 Å². The van der Waals surface area contributed by atoms with Crippen LogP contribution in [0.1, 0.15) is 39.5 Å². The maximum Gasteiger partial charge on any atom is 0.222 e. The zero-order valence-electron chi connectivity index (χ0n) is 10.4. The van der Waals surface area contributed by atoms with Gasteiger partial charge in [-0.15, -0.1) is 0 Å². The van der Waals surface area contributed by atoms with Gasteiger partial charge in [0.25, 0.3) is 0 Å². The summed E-state index contributed by atoms with van der Waals surface area (Å²) in [4.78, 5) is 13.9. The molecule has 16 heavy (non-hydrogen) atoms. The number of amides is 1. The summed E-state index contributed by atoms with van der Waals surface area (Å²) in [5.41, 5.74) is 5.87. The molecule has 1 rings (SSSR count). The van der Waals surface area contributed by atoms with E-state index in [0.717, 1.165) is 32.4 Å². The molecule has 2 unspecified atom stereocenters. The van der Waals surface area contributed by atoms with Crippen LogP contribution >= 0.6 is 0 Å². The van der Waals surface area contributed by atoms with Crippen molar-refractivity contribution in [3.05, 3.63) is 0 Å². The van der Waals surface area contributed by atoms with Crippen molar-refractivity contribution in [1.29, 1.82) is 0 Å². The summed E-state index contributed by atoms with van der Waals surface area (Å²) < 4.78 is 5.22. The second-order valence-electron chi connectivity index (χ2n) is 4.52. The fourth-order valence-electron chi connectivity index (χ4n) is 2.19. The molecule has 0 aliphatic carbocycles. The Balaban J connectivity index is 2.25. The molecule has 4 heteroatoms. The maximum absolute atomic E-state index is 11.9. The number of hydrogen-bond donors (Lipinski definition) is 1. The molecule has 1 amide bonds. The van der Waals surface area contributed by atoms with E-state index in [1.54, 1.807) is 0 Å². The van der Waals surface area contributed by atoms with E-state index in [0.29, 0.717) is 19.1 Å². The van der Waals surface area contributed by atoms with E-state index in [1.165, 1.54) is 0 Å². The van der Waals surface area contributed by atoms with Gasteiger partial charge < -0.3 is 15.4 Å². The van der Waals surface area contributed by atoms with E-state index in [2.05, 4.69) is 6.92 Å². The number of piperidine rings is 1. The third kappa shape index (κ3) is 4.10. The van der Waals surface area contributed by atoms with Gasteiger partial charge >= 0.3 is 0 Å². The van der Waals surface area contributed by atoms with Crippen molar-refractivity contribution < 1.29 is 9.53 Å². The van der Waals surface area contributed by atoms with Gasteiger partial charge in [-0.3, -0.25) is 4.79 Å². The maximum atomic E-state index is 11.9. The van der Waals surface area contributed by atoms with Crippen molar-refractivity contribution >= 4 is 5.91 Å². The number of nitrogens with zero attached hydrogens (tertiary/aromatic N) is 1. The Morgan fingerprint density at radius 2 is 2.31 bits per heavy atom. The van der Waals surface area contributed by atoms with Crippen LogP contribution in [0.25, 0.3) is 0 Å². The minimum absolute atomic E-state index is 0.249. The molecule has 2 N–H and O–H groups in total. The van der Waals surface area contributed by atoms with E-state index in [-0.39, 0.29) is 11.9 Å². The molecular weight excluding hydrogens is 204 g/mol. The van der Waals surface area contributed by atoms with Crippen LogP contribution in [0.15, 0.2) is 0 Å². The molecular formula is C12H24N2O2. The highest BCUT2D eigenvalue weighted by atomic mass is 16.5. The lowest BCUT2D eigenvalue weighted by atomic mass is 9.98. The highest BCUT2D eigenvalue weighted by molar-refractivity contribution is 5.76. The first-order chi connectivity index (χ1) is 7.65. The molecule has 2 atom stereocenters. The van der Waals surface area contributed by atoms with Crippen molar-refractivity contribution in [3.8, 4) is 0 Å². The summed E-state index contributed by atoms with van der Waals surface area (Å²) >= 11 is 0. The average Bonchev–Trinajstić information content (AvgIpc) is 2.24. The van der Waals surface area contributed by atoms with Crippen LogP contribution in [0.2, 0.25) is 0 Å². The van der Waals surface area contributed by atoms with Crippen molar-refractivity contribution in [2.45, 2.75) is 51.6 Å². The molecule has 1 heterocycles. The summed E-state index contributed by atoms with van der Waals surface area (Å²) in [5.74, 6) is 0.249. The fraction of sp³-hybridized carbons (Fsp3) is 0.917. The van der Waals surface area contributed by atoms with Crippen LogP contribution in [0.3, 0.4) is 0 Å². The highest BCUT2D eigenvalue weighted by Crippen LogP contribution is 2.17. The number of carbonyl (C=O) groups is 1. The molecule has 1 aliphatic rings. The van der Waals surface area contributed by atoms with Crippen LogP contribution < -0.4 is 5.73 Å². The lowest BCUT2D eigenvalue weighted by Crippen LogP contribution is -2.48. The number of hydrogen-bond acceptors (Lipinski definition) is 3. The van der Waals surface area contributed by atoms with Crippen molar-refractivity contribution in [3.63, 3.8) is 0 Å². The first-order valence-corrected chi connectivity index (χ1v) is 6.28. The minimum atomic E-state index is 0.249. The third-order valence-corrected chi connectivity index (χ3v) is 3.12. The summed E-state index contributed by atoms with van der Waals surface area (Å²) in [6.45, 7) is 6.28. The SMILES string of the molecule is CCOCCCC(=O)N1CCC(N)CC1C. The third-order valence-electron chi connectivity index (χ3n) is 3.12. The van der Waals surface area contributed by atoms with Gasteiger partial charge in [0.2, 0.25) is 5.91 Å². The van der Waals surface area contributed by atoms with E-state index < -0.39 is 0 Å². The summed E-state index contributed by atoms with van der Waals surface area (Å²) in [7, 11) is 0. The second kappa shape index (κ2) is 6.86. The molecule has 1 saturated heterocycles. The highest BCUT2D eigenvalue weighted by Gasteiger charge is 2.26. The minimum Gasteiger partial charge on any atom is -0.382 e. The van der Waals surface area contributed by atoms with E-state index in [4.69, 9.17) is 10.5 Å². The molecule has 0 spiro atoms. The van der Waals surface area contributed by atoms with Crippen molar-refractivity contribution in [2.75, 3.05) is 19.8 Å². The summed E-state index contributed by atoms with van der Waals surface area (Å²) in [5, 5.41) is 0. The number of likely N-dealkylation sites (tertiary alicyclic amines) is 1. The number of rotatable bonds is 5. The van der Waals surface area contributed by atoms with Gasteiger partial charge in [-0.05, 0) is 33.1 Å². The summed E-state index contributed by atoms with van der Waals surface area (Å²) in [6, 6.07) is 0.561. The predicted octanol–water partition coefficient (Wildman–Crippen LogP) is 1.14. The molecule has 0 radical (unpaired) electrons. The monoisotopic (exact) mass is 228 g/mol. The first kappa shape index (κ1) is 13.5. The number of ether oxygens (including phenoxy) is 1. The van der Waals surface area contributed by atoms with Crippen molar-refractivity contribution in [1.82, 2.24) is 4.90 Å². The molecule has 0 saturated carbocycles. The molecule has 1 fully saturated rings. The molecule has 0 aromatic rings. The number of nitrogens with two attached hydrogens (primary N) is 1. The normalized spacial score (nSPS) is 25.8. The number of carbonyl (C=O) groups excluding carboxylic acids is 1. The van der Waals surface area contributed by atoms with E-state index in [1.807, 2.05) is 11.8 Å². The standard InChI is InChI=1S/C12H24N2O2/c1-3-16-8-4-5-12(15)14-7-6-11(13)9-10(14)2/h10-11H,3-9,13H2,1-2H3. The Bertz CT molecular complexity index is 221. The van der Waals surface area contributed by atoms with Crippen LogP contribution in [-0.4, -0.2) is 42.6 Å². The molecule has 0 aromatic carbocycles. The zero-order valence-corrected chi connectivity index (χ0v) is 10.4. The van der Waals surface area contributed by atoms with Crippen molar-refractivity contribution in [2.24, 2.45) is 5.73 Å². The van der Waals surface area contributed by atoms with Gasteiger partial charge in [-0.1, -0.05) is 0 Å². The smallest absolute Gasteiger partial charge is 0.222 e. The van der Waals surface area contributed by atoms with Gasteiger partial charge in [-0.2, -0.15) is 0 Å². The predicted molar refractivity (Wildman–Crippen MR) is 64.1 cm³/mol. The second-order valence-corrected chi connectivity index (χ2v) is 4.52. The van der Waals surface area contributed by atoms with Crippen LogP contribution in [0, 0.1) is 0 Å². The Morgan fingerprint density at radius 1 is 1.56 bits per heavy atom. The molecule has 0 aromatic heterocycles. The lowest BCUT2D eigenvalue weighted by Gasteiger charge is -2.36. The quantitative estimate of drug-likeness (QED) is 0.718. The first-order valence-electron chi connectivity index (χ1n) is 6.28. The van der Waals surface area contributed by atoms with Gasteiger partial charge in [-0.25, -0.2) is 0 Å². The summed E-state index contributed by atoms with van der Waals surface area (Å²) in [6.07, 6.45) is 3.28. The van der Waals surface area contributed by atoms with Gasteiger partial charge in [0.1, 0.15) is 0 Å². The average molecular weight is 228 g/mol. The van der Waals surface area contributed by atoms with Gasteiger partial charge in [0.05, 0.1) is 0 Å². The Morgan fingerprint density at radius 3 is 2.94 bits per heavy atom. The lowest BCUT2D eigenvalue weighted by molar-refractivity contribution is -0.135. The van der Waals surface area contributed by atoms with E-state index >= 15 is 0 Å².